The fourth-order valence-electron chi connectivity index (χ4n) is 2.55. The summed E-state index contributed by atoms with van der Waals surface area (Å²) < 4.78 is 5.63. The van der Waals surface area contributed by atoms with Crippen molar-refractivity contribution >= 4 is 33.8 Å². The van der Waals surface area contributed by atoms with E-state index in [9.17, 15) is 9.90 Å². The van der Waals surface area contributed by atoms with Gasteiger partial charge in [-0.1, -0.05) is 29.0 Å². The van der Waals surface area contributed by atoms with Gasteiger partial charge in [0.2, 0.25) is 6.41 Å². The minimum Gasteiger partial charge on any atom is -0.396 e. The number of aryl methyl sites for hydroxylation is 1. The Kier molecular flexibility index (Phi) is 10.8. The molecule has 1 aliphatic rings. The number of anilines is 1. The lowest BCUT2D eigenvalue weighted by molar-refractivity contribution is -0.116. The molecule has 0 radical (unpaired) electrons. The molecular formula is C18H30N4O3S2. The van der Waals surface area contributed by atoms with Gasteiger partial charge in [-0.15, -0.1) is 0 Å². The Morgan fingerprint density at radius 1 is 1.56 bits per heavy atom. The first-order valence-electron chi connectivity index (χ1n) is 8.56. The molecule has 3 N–H and O–H groups in total. The summed E-state index contributed by atoms with van der Waals surface area (Å²) in [5.41, 5.74) is 7.44. The van der Waals surface area contributed by atoms with Crippen molar-refractivity contribution in [3.8, 4) is 0 Å². The highest BCUT2D eigenvalue weighted by atomic mass is 33.1. The van der Waals surface area contributed by atoms with Crippen LogP contribution in [0.4, 0.5) is 5.82 Å². The van der Waals surface area contributed by atoms with Crippen LogP contribution in [0.2, 0.25) is 0 Å². The molecular weight excluding hydrogens is 384 g/mol. The SMILES string of the molecule is C.CC(=C(CCO)SSCC1CCCO1)N(C=O)Cc1cnc(C)nc1N. The van der Waals surface area contributed by atoms with Gasteiger partial charge < -0.3 is 20.5 Å². The molecule has 1 fully saturated rings. The average molecular weight is 415 g/mol. The summed E-state index contributed by atoms with van der Waals surface area (Å²) >= 11 is 0. The Morgan fingerprint density at radius 2 is 2.33 bits per heavy atom. The van der Waals surface area contributed by atoms with Crippen LogP contribution in [-0.2, 0) is 16.1 Å². The first kappa shape index (κ1) is 23.7. The third-order valence-corrected chi connectivity index (χ3v) is 6.79. The number of aliphatic hydroxyl groups excluding tert-OH is 1. The number of allylic oxidation sites excluding steroid dienone is 1. The number of hydrogen-bond donors (Lipinski definition) is 2. The summed E-state index contributed by atoms with van der Waals surface area (Å²) in [6.07, 6.45) is 5.43. The zero-order valence-electron chi connectivity index (χ0n) is 15.2. The van der Waals surface area contributed by atoms with Crippen molar-refractivity contribution in [3.63, 3.8) is 0 Å². The molecule has 0 aliphatic carbocycles. The van der Waals surface area contributed by atoms with Crippen LogP contribution in [0.5, 0.6) is 0 Å². The predicted octanol–water partition coefficient (Wildman–Crippen LogP) is 3.14. The van der Waals surface area contributed by atoms with E-state index in [1.165, 1.54) is 0 Å². The summed E-state index contributed by atoms with van der Waals surface area (Å²) in [5.74, 6) is 1.87. The monoisotopic (exact) mass is 414 g/mol. The number of aromatic nitrogens is 2. The van der Waals surface area contributed by atoms with E-state index >= 15 is 0 Å². The minimum absolute atomic E-state index is 0. The molecule has 0 spiro atoms. The number of amides is 1. The third kappa shape index (κ3) is 7.33. The Morgan fingerprint density at radius 3 is 2.93 bits per heavy atom. The molecule has 9 heteroatoms. The van der Waals surface area contributed by atoms with Gasteiger partial charge in [0.25, 0.3) is 0 Å². The number of carbonyl (C=O) groups excluding carboxylic acids is 1. The van der Waals surface area contributed by atoms with Crippen molar-refractivity contribution in [1.82, 2.24) is 14.9 Å². The van der Waals surface area contributed by atoms with Crippen LogP contribution in [0.15, 0.2) is 16.8 Å². The van der Waals surface area contributed by atoms with Crippen molar-refractivity contribution in [2.45, 2.75) is 53.2 Å². The Hall–Kier alpha value is -1.29. The first-order valence-corrected chi connectivity index (χ1v) is 10.9. The number of aliphatic hydroxyl groups is 1. The molecule has 0 saturated carbocycles. The second kappa shape index (κ2) is 12.2. The van der Waals surface area contributed by atoms with Gasteiger partial charge in [-0.25, -0.2) is 9.97 Å². The number of nitrogens with zero attached hydrogens (tertiary/aromatic N) is 3. The van der Waals surface area contributed by atoms with Gasteiger partial charge in [0.15, 0.2) is 0 Å². The second-order valence-corrected chi connectivity index (χ2v) is 8.48. The highest BCUT2D eigenvalue weighted by Crippen LogP contribution is 2.37. The molecule has 1 aromatic rings. The molecule has 7 nitrogen and oxygen atoms in total. The molecule has 0 bridgehead atoms. The lowest BCUT2D eigenvalue weighted by atomic mass is 10.2. The van der Waals surface area contributed by atoms with Crippen molar-refractivity contribution in [2.24, 2.45) is 0 Å². The fourth-order valence-corrected chi connectivity index (χ4v) is 5.29. The van der Waals surface area contributed by atoms with Gasteiger partial charge in [-0.05, 0) is 26.7 Å². The number of carbonyl (C=O) groups is 1. The topological polar surface area (TPSA) is 102 Å². The Balaban J connectivity index is 0.00000364. The highest BCUT2D eigenvalue weighted by molar-refractivity contribution is 8.78. The van der Waals surface area contributed by atoms with E-state index in [1.807, 2.05) is 6.92 Å². The maximum atomic E-state index is 11.6. The molecule has 2 rings (SSSR count). The molecule has 27 heavy (non-hydrogen) atoms. The standard InChI is InChI=1S/C17H26N4O3S2.CH4/c1-12(16(5-6-22)26-25-10-15-4-3-7-24-15)21(11-23)9-14-8-19-13(2)20-17(14)18;/h8,11,15,22H,3-7,9-10H2,1-2H3,(H2,18,19,20);1H4. The van der Waals surface area contributed by atoms with Gasteiger partial charge in [0, 0.05) is 47.7 Å². The van der Waals surface area contributed by atoms with Crippen molar-refractivity contribution in [2.75, 3.05) is 24.7 Å². The summed E-state index contributed by atoms with van der Waals surface area (Å²) in [4.78, 5) is 22.5. The molecule has 152 valence electrons. The maximum absolute atomic E-state index is 11.6. The van der Waals surface area contributed by atoms with Gasteiger partial charge >= 0.3 is 0 Å². The van der Waals surface area contributed by atoms with Crippen molar-refractivity contribution in [3.05, 3.63) is 28.2 Å². The van der Waals surface area contributed by atoms with Gasteiger partial charge in [-0.2, -0.15) is 0 Å². The van der Waals surface area contributed by atoms with E-state index in [1.54, 1.807) is 39.6 Å². The highest BCUT2D eigenvalue weighted by Gasteiger charge is 2.18. The fraction of sp³-hybridized carbons (Fsp3) is 0.611. The Bertz CT molecular complexity index is 637. The number of nitrogens with two attached hydrogens (primary N) is 1. The van der Waals surface area contributed by atoms with Crippen LogP contribution in [0.1, 0.15) is 45.0 Å². The van der Waals surface area contributed by atoms with Crippen LogP contribution >= 0.6 is 21.6 Å². The maximum Gasteiger partial charge on any atom is 0.214 e. The van der Waals surface area contributed by atoms with Crippen LogP contribution in [0.3, 0.4) is 0 Å². The third-order valence-electron chi connectivity index (χ3n) is 4.10. The van der Waals surface area contributed by atoms with Gasteiger partial charge in [0.1, 0.15) is 11.6 Å². The zero-order chi connectivity index (χ0) is 18.9. The lowest BCUT2D eigenvalue weighted by Gasteiger charge is -2.22. The number of hydrogen-bond acceptors (Lipinski definition) is 8. The van der Waals surface area contributed by atoms with Crippen LogP contribution in [0, 0.1) is 6.92 Å². The molecule has 1 amide bonds. The van der Waals surface area contributed by atoms with E-state index < -0.39 is 0 Å². The first-order chi connectivity index (χ1) is 12.5. The molecule has 2 heterocycles. The molecule has 1 aliphatic heterocycles. The quantitative estimate of drug-likeness (QED) is 0.445. The summed E-state index contributed by atoms with van der Waals surface area (Å²) in [6.45, 7) is 4.82. The second-order valence-electron chi connectivity index (χ2n) is 6.05. The number of ether oxygens (including phenoxy) is 1. The van der Waals surface area contributed by atoms with Gasteiger partial charge in [-0.3, -0.25) is 4.79 Å². The lowest BCUT2D eigenvalue weighted by Crippen LogP contribution is -2.22. The predicted molar refractivity (Wildman–Crippen MR) is 113 cm³/mol. The average Bonchev–Trinajstić information content (AvgIpc) is 3.13. The van der Waals surface area contributed by atoms with Crippen LogP contribution in [0.25, 0.3) is 0 Å². The molecule has 1 aromatic heterocycles. The minimum atomic E-state index is 0. The number of rotatable bonds is 10. The molecule has 1 saturated heterocycles. The Labute approximate surface area is 169 Å². The molecule has 0 aromatic carbocycles. The van der Waals surface area contributed by atoms with E-state index in [0.717, 1.165) is 42.2 Å². The zero-order valence-corrected chi connectivity index (χ0v) is 16.8. The van der Waals surface area contributed by atoms with Crippen LogP contribution < -0.4 is 5.73 Å². The van der Waals surface area contributed by atoms with Crippen molar-refractivity contribution < 1.29 is 14.6 Å². The normalized spacial score (nSPS) is 17.2. The van der Waals surface area contributed by atoms with Crippen molar-refractivity contribution in [1.29, 1.82) is 0 Å². The number of nitrogen functional groups attached to an aromatic ring is 1. The van der Waals surface area contributed by atoms with Gasteiger partial charge in [0.05, 0.1) is 12.6 Å². The molecule has 1 unspecified atom stereocenters. The van der Waals surface area contributed by atoms with E-state index in [4.69, 9.17) is 10.5 Å². The largest absolute Gasteiger partial charge is 0.396 e. The summed E-state index contributed by atoms with van der Waals surface area (Å²) in [7, 11) is 3.29. The smallest absolute Gasteiger partial charge is 0.214 e. The van der Waals surface area contributed by atoms with E-state index in [-0.39, 0.29) is 14.0 Å². The van der Waals surface area contributed by atoms with Crippen LogP contribution in [-0.4, -0.2) is 51.5 Å². The van der Waals surface area contributed by atoms with E-state index in [2.05, 4.69) is 9.97 Å². The summed E-state index contributed by atoms with van der Waals surface area (Å²) in [6, 6.07) is 0. The molecule has 1 atom stereocenters. The summed E-state index contributed by atoms with van der Waals surface area (Å²) in [5, 5.41) is 9.39. The van der Waals surface area contributed by atoms with E-state index in [0.29, 0.717) is 36.3 Å².